The van der Waals surface area contributed by atoms with Gasteiger partial charge in [-0.15, -0.1) is 0 Å². The standard InChI is InChI=1S/C10H20N2/c1-9-4-7-12(8-5-9)10(2)3-6-11/h10H,1,3-8,11H2,2H3. The van der Waals surface area contributed by atoms with Crippen LogP contribution in [0.1, 0.15) is 26.2 Å². The van der Waals surface area contributed by atoms with Crippen molar-refractivity contribution in [3.8, 4) is 0 Å². The van der Waals surface area contributed by atoms with Crippen molar-refractivity contribution in [3.63, 3.8) is 0 Å². The Hall–Kier alpha value is -0.340. The van der Waals surface area contributed by atoms with E-state index in [1.165, 1.54) is 31.5 Å². The van der Waals surface area contributed by atoms with Crippen LogP contribution in [0.4, 0.5) is 0 Å². The van der Waals surface area contributed by atoms with E-state index in [2.05, 4.69) is 18.4 Å². The Morgan fingerprint density at radius 1 is 1.50 bits per heavy atom. The minimum absolute atomic E-state index is 0.656. The van der Waals surface area contributed by atoms with Gasteiger partial charge in [-0.2, -0.15) is 0 Å². The molecule has 0 bridgehead atoms. The molecule has 0 aromatic carbocycles. The fourth-order valence-electron chi connectivity index (χ4n) is 1.70. The third-order valence-corrected chi connectivity index (χ3v) is 2.71. The lowest BCUT2D eigenvalue weighted by Gasteiger charge is -2.33. The summed E-state index contributed by atoms with van der Waals surface area (Å²) >= 11 is 0. The Morgan fingerprint density at radius 2 is 2.08 bits per heavy atom. The van der Waals surface area contributed by atoms with E-state index >= 15 is 0 Å². The zero-order valence-corrected chi connectivity index (χ0v) is 8.05. The summed E-state index contributed by atoms with van der Waals surface area (Å²) in [5, 5.41) is 0. The van der Waals surface area contributed by atoms with Crippen molar-refractivity contribution in [2.75, 3.05) is 19.6 Å². The van der Waals surface area contributed by atoms with E-state index in [9.17, 15) is 0 Å². The van der Waals surface area contributed by atoms with Crippen LogP contribution in [0.15, 0.2) is 12.2 Å². The summed E-state index contributed by atoms with van der Waals surface area (Å²) in [5.41, 5.74) is 6.93. The Kier molecular flexibility index (Phi) is 3.76. The minimum atomic E-state index is 0.656. The molecule has 1 atom stereocenters. The van der Waals surface area contributed by atoms with Crippen molar-refractivity contribution in [2.24, 2.45) is 5.73 Å². The van der Waals surface area contributed by atoms with Crippen LogP contribution in [0.5, 0.6) is 0 Å². The van der Waals surface area contributed by atoms with Crippen LogP contribution in [0.2, 0.25) is 0 Å². The van der Waals surface area contributed by atoms with Gasteiger partial charge >= 0.3 is 0 Å². The Balaban J connectivity index is 2.28. The largest absolute Gasteiger partial charge is 0.330 e. The van der Waals surface area contributed by atoms with Crippen molar-refractivity contribution >= 4 is 0 Å². The molecule has 0 spiro atoms. The molecule has 2 nitrogen and oxygen atoms in total. The maximum atomic E-state index is 5.52. The highest BCUT2D eigenvalue weighted by atomic mass is 15.2. The van der Waals surface area contributed by atoms with Gasteiger partial charge in [0, 0.05) is 19.1 Å². The van der Waals surface area contributed by atoms with Crippen LogP contribution < -0.4 is 5.73 Å². The molecule has 2 N–H and O–H groups in total. The lowest BCUT2D eigenvalue weighted by Crippen LogP contribution is -2.38. The van der Waals surface area contributed by atoms with Crippen LogP contribution >= 0.6 is 0 Å². The summed E-state index contributed by atoms with van der Waals surface area (Å²) in [5.74, 6) is 0. The van der Waals surface area contributed by atoms with Crippen molar-refractivity contribution in [3.05, 3.63) is 12.2 Å². The summed E-state index contributed by atoms with van der Waals surface area (Å²) in [6.45, 7) is 9.43. The molecular formula is C10H20N2. The number of rotatable bonds is 3. The minimum Gasteiger partial charge on any atom is -0.330 e. The molecule has 0 aliphatic carbocycles. The Morgan fingerprint density at radius 3 is 2.58 bits per heavy atom. The highest BCUT2D eigenvalue weighted by Crippen LogP contribution is 2.16. The number of hydrogen-bond donors (Lipinski definition) is 1. The molecule has 1 heterocycles. The third-order valence-electron chi connectivity index (χ3n) is 2.71. The summed E-state index contributed by atoms with van der Waals surface area (Å²) < 4.78 is 0. The molecule has 1 aliphatic rings. The van der Waals surface area contributed by atoms with Crippen LogP contribution in [0.25, 0.3) is 0 Å². The summed E-state index contributed by atoms with van der Waals surface area (Å²) in [6, 6.07) is 0.656. The second kappa shape index (κ2) is 4.63. The van der Waals surface area contributed by atoms with E-state index in [1.54, 1.807) is 0 Å². The normalized spacial score (nSPS) is 22.7. The van der Waals surface area contributed by atoms with Gasteiger partial charge in [-0.3, -0.25) is 4.90 Å². The molecule has 0 amide bonds. The molecule has 0 radical (unpaired) electrons. The molecule has 1 rings (SSSR count). The van der Waals surface area contributed by atoms with Gasteiger partial charge < -0.3 is 5.73 Å². The van der Waals surface area contributed by atoms with Gasteiger partial charge in [0.15, 0.2) is 0 Å². The molecule has 12 heavy (non-hydrogen) atoms. The lowest BCUT2D eigenvalue weighted by molar-refractivity contribution is 0.188. The molecule has 1 aliphatic heterocycles. The average molecular weight is 168 g/mol. The first-order valence-electron chi connectivity index (χ1n) is 4.85. The fourth-order valence-corrected chi connectivity index (χ4v) is 1.70. The lowest BCUT2D eigenvalue weighted by atomic mass is 10.0. The molecule has 1 unspecified atom stereocenters. The number of nitrogens with zero attached hydrogens (tertiary/aromatic N) is 1. The molecule has 0 aromatic heterocycles. The van der Waals surface area contributed by atoms with Crippen molar-refractivity contribution in [2.45, 2.75) is 32.2 Å². The average Bonchev–Trinajstić information content (AvgIpc) is 2.06. The molecule has 70 valence electrons. The third kappa shape index (κ3) is 2.61. The maximum absolute atomic E-state index is 5.52. The second-order valence-electron chi connectivity index (χ2n) is 3.71. The van der Waals surface area contributed by atoms with Crippen molar-refractivity contribution in [1.82, 2.24) is 4.90 Å². The van der Waals surface area contributed by atoms with Crippen LogP contribution in [0.3, 0.4) is 0 Å². The predicted molar refractivity (Wildman–Crippen MR) is 53.1 cm³/mol. The van der Waals surface area contributed by atoms with E-state index < -0.39 is 0 Å². The molecule has 1 saturated heterocycles. The molecular weight excluding hydrogens is 148 g/mol. The predicted octanol–water partition coefficient (Wildman–Crippen LogP) is 1.38. The molecule has 0 saturated carbocycles. The molecule has 2 heteroatoms. The van der Waals surface area contributed by atoms with Crippen molar-refractivity contribution < 1.29 is 0 Å². The van der Waals surface area contributed by atoms with Gasteiger partial charge in [-0.25, -0.2) is 0 Å². The molecule has 1 fully saturated rings. The SMILES string of the molecule is C=C1CCN(C(C)CCN)CC1. The quantitative estimate of drug-likeness (QED) is 0.645. The summed E-state index contributed by atoms with van der Waals surface area (Å²) in [6.07, 6.45) is 3.47. The van der Waals surface area contributed by atoms with Crippen LogP contribution in [0, 0.1) is 0 Å². The first kappa shape index (κ1) is 9.75. The van der Waals surface area contributed by atoms with Gasteiger partial charge in [0.25, 0.3) is 0 Å². The van der Waals surface area contributed by atoms with E-state index in [1.807, 2.05) is 0 Å². The van der Waals surface area contributed by atoms with Gasteiger partial charge in [-0.05, 0) is 32.7 Å². The summed E-state index contributed by atoms with van der Waals surface area (Å²) in [4.78, 5) is 2.52. The van der Waals surface area contributed by atoms with E-state index in [0.717, 1.165) is 13.0 Å². The zero-order valence-electron chi connectivity index (χ0n) is 8.05. The van der Waals surface area contributed by atoms with E-state index in [4.69, 9.17) is 5.73 Å². The number of nitrogens with two attached hydrogens (primary N) is 1. The first-order valence-corrected chi connectivity index (χ1v) is 4.85. The Bertz CT molecular complexity index is 144. The van der Waals surface area contributed by atoms with E-state index in [0.29, 0.717) is 6.04 Å². The van der Waals surface area contributed by atoms with Crippen molar-refractivity contribution in [1.29, 1.82) is 0 Å². The number of likely N-dealkylation sites (tertiary alicyclic amines) is 1. The van der Waals surface area contributed by atoms with Crippen LogP contribution in [-0.4, -0.2) is 30.6 Å². The first-order chi connectivity index (χ1) is 5.74. The van der Waals surface area contributed by atoms with Gasteiger partial charge in [0.2, 0.25) is 0 Å². The van der Waals surface area contributed by atoms with Crippen LogP contribution in [-0.2, 0) is 0 Å². The zero-order chi connectivity index (χ0) is 8.97. The summed E-state index contributed by atoms with van der Waals surface area (Å²) in [7, 11) is 0. The highest BCUT2D eigenvalue weighted by molar-refractivity contribution is 4.99. The molecule has 0 aromatic rings. The number of hydrogen-bond acceptors (Lipinski definition) is 2. The van der Waals surface area contributed by atoms with Gasteiger partial charge in [0.05, 0.1) is 0 Å². The second-order valence-corrected chi connectivity index (χ2v) is 3.71. The number of piperidine rings is 1. The monoisotopic (exact) mass is 168 g/mol. The highest BCUT2D eigenvalue weighted by Gasteiger charge is 2.16. The maximum Gasteiger partial charge on any atom is 0.00791 e. The topological polar surface area (TPSA) is 29.3 Å². The smallest absolute Gasteiger partial charge is 0.00791 e. The van der Waals surface area contributed by atoms with Gasteiger partial charge in [-0.1, -0.05) is 12.2 Å². The fraction of sp³-hybridized carbons (Fsp3) is 0.800. The Labute approximate surface area is 75.4 Å². The van der Waals surface area contributed by atoms with Gasteiger partial charge in [0.1, 0.15) is 0 Å². The van der Waals surface area contributed by atoms with E-state index in [-0.39, 0.29) is 0 Å².